The van der Waals surface area contributed by atoms with E-state index in [0.717, 1.165) is 0 Å². The zero-order valence-corrected chi connectivity index (χ0v) is 5.05. The summed E-state index contributed by atoms with van der Waals surface area (Å²) in [4.78, 5) is 10.5. The van der Waals surface area contributed by atoms with Gasteiger partial charge in [-0.2, -0.15) is 0 Å². The average molecular weight is 130 g/mol. The normalized spacial score (nSPS) is 27.7. The van der Waals surface area contributed by atoms with Gasteiger partial charge < -0.3 is 15.7 Å². The molecule has 1 unspecified atom stereocenters. The molecule has 1 fully saturated rings. The highest BCUT2D eigenvalue weighted by Crippen LogP contribution is 1.84. The highest BCUT2D eigenvalue weighted by Gasteiger charge is 2.14. The predicted octanol–water partition coefficient (Wildman–Crippen LogP) is -1.93. The molecule has 0 aromatic rings. The Balaban J connectivity index is 2.26. The Morgan fingerprint density at radius 3 is 3.00 bits per heavy atom. The van der Waals surface area contributed by atoms with E-state index in [0.29, 0.717) is 13.1 Å². The number of rotatable bonds is 1. The number of piperazine rings is 1. The number of carbonyl (C=O) groups excluding carboxylic acids is 1. The summed E-state index contributed by atoms with van der Waals surface area (Å²) in [5.41, 5.74) is 0. The van der Waals surface area contributed by atoms with Crippen LogP contribution >= 0.6 is 0 Å². The SMILES string of the molecule is O=C1CNC(CO)CN1. The van der Waals surface area contributed by atoms with Crippen molar-refractivity contribution in [2.24, 2.45) is 0 Å². The summed E-state index contributed by atoms with van der Waals surface area (Å²) in [5, 5.41) is 14.0. The molecule has 0 bridgehead atoms. The third-order valence-electron chi connectivity index (χ3n) is 1.32. The Bertz CT molecular complexity index is 106. The van der Waals surface area contributed by atoms with E-state index >= 15 is 0 Å². The molecule has 0 saturated carbocycles. The Hall–Kier alpha value is -0.610. The molecule has 52 valence electrons. The molecule has 1 heterocycles. The molecule has 3 N–H and O–H groups in total. The Morgan fingerprint density at radius 2 is 2.56 bits per heavy atom. The van der Waals surface area contributed by atoms with E-state index < -0.39 is 0 Å². The van der Waals surface area contributed by atoms with Crippen LogP contribution in [0.1, 0.15) is 0 Å². The highest BCUT2D eigenvalue weighted by molar-refractivity contribution is 5.78. The molecule has 0 aromatic carbocycles. The molecular weight excluding hydrogens is 120 g/mol. The van der Waals surface area contributed by atoms with Crippen LogP contribution in [0.5, 0.6) is 0 Å². The fraction of sp³-hybridized carbons (Fsp3) is 0.800. The third kappa shape index (κ3) is 1.65. The number of hydrogen-bond donors (Lipinski definition) is 3. The van der Waals surface area contributed by atoms with E-state index in [2.05, 4.69) is 10.6 Å². The number of amides is 1. The van der Waals surface area contributed by atoms with Gasteiger partial charge in [0.2, 0.25) is 5.91 Å². The van der Waals surface area contributed by atoms with Crippen LogP contribution in [-0.4, -0.2) is 36.8 Å². The van der Waals surface area contributed by atoms with Gasteiger partial charge in [-0.1, -0.05) is 0 Å². The Kier molecular flexibility index (Phi) is 2.02. The first kappa shape index (κ1) is 6.51. The molecular formula is C5H10N2O2. The molecule has 9 heavy (non-hydrogen) atoms. The predicted molar refractivity (Wildman–Crippen MR) is 31.9 cm³/mol. The van der Waals surface area contributed by atoms with Crippen molar-refractivity contribution in [2.45, 2.75) is 6.04 Å². The maximum atomic E-state index is 10.5. The second kappa shape index (κ2) is 2.80. The molecule has 1 rings (SSSR count). The summed E-state index contributed by atoms with van der Waals surface area (Å²) in [6.07, 6.45) is 0. The van der Waals surface area contributed by atoms with Crippen LogP contribution in [0, 0.1) is 0 Å². The van der Waals surface area contributed by atoms with Crippen molar-refractivity contribution in [3.63, 3.8) is 0 Å². The van der Waals surface area contributed by atoms with E-state index in [1.807, 2.05) is 0 Å². The topological polar surface area (TPSA) is 61.4 Å². The van der Waals surface area contributed by atoms with E-state index in [9.17, 15) is 4.79 Å². The summed E-state index contributed by atoms with van der Waals surface area (Å²) >= 11 is 0. The zero-order valence-electron chi connectivity index (χ0n) is 5.05. The smallest absolute Gasteiger partial charge is 0.234 e. The van der Waals surface area contributed by atoms with Crippen molar-refractivity contribution in [1.29, 1.82) is 0 Å². The standard InChI is InChI=1S/C5H10N2O2/c8-3-4-1-7-5(9)2-6-4/h4,6,8H,1-3H2,(H,7,9). The maximum absolute atomic E-state index is 10.5. The molecule has 1 amide bonds. The molecule has 0 radical (unpaired) electrons. The van der Waals surface area contributed by atoms with Crippen molar-refractivity contribution in [3.05, 3.63) is 0 Å². The first-order chi connectivity index (χ1) is 4.33. The summed E-state index contributed by atoms with van der Waals surface area (Å²) in [7, 11) is 0. The largest absolute Gasteiger partial charge is 0.395 e. The number of aliphatic hydroxyl groups excluding tert-OH is 1. The van der Waals surface area contributed by atoms with E-state index in [4.69, 9.17) is 5.11 Å². The van der Waals surface area contributed by atoms with Gasteiger partial charge in [0, 0.05) is 12.6 Å². The van der Waals surface area contributed by atoms with Crippen molar-refractivity contribution in [1.82, 2.24) is 10.6 Å². The number of nitrogens with one attached hydrogen (secondary N) is 2. The molecule has 0 aliphatic carbocycles. The maximum Gasteiger partial charge on any atom is 0.234 e. The second-order valence-electron chi connectivity index (χ2n) is 2.06. The van der Waals surface area contributed by atoms with Crippen molar-refractivity contribution < 1.29 is 9.90 Å². The lowest BCUT2D eigenvalue weighted by molar-refractivity contribution is -0.121. The van der Waals surface area contributed by atoms with E-state index in [1.165, 1.54) is 0 Å². The third-order valence-corrected chi connectivity index (χ3v) is 1.32. The van der Waals surface area contributed by atoms with Gasteiger partial charge in [-0.05, 0) is 0 Å². The Labute approximate surface area is 53.2 Å². The van der Waals surface area contributed by atoms with Crippen LogP contribution in [0.4, 0.5) is 0 Å². The van der Waals surface area contributed by atoms with Gasteiger partial charge in [-0.3, -0.25) is 4.79 Å². The minimum absolute atomic E-state index is 0.000278. The summed E-state index contributed by atoms with van der Waals surface area (Å²) < 4.78 is 0. The van der Waals surface area contributed by atoms with Crippen LogP contribution in [0.3, 0.4) is 0 Å². The van der Waals surface area contributed by atoms with Gasteiger partial charge >= 0.3 is 0 Å². The fourth-order valence-corrected chi connectivity index (χ4v) is 0.738. The molecule has 1 saturated heterocycles. The fourth-order valence-electron chi connectivity index (χ4n) is 0.738. The van der Waals surface area contributed by atoms with Crippen LogP contribution in [0.2, 0.25) is 0 Å². The first-order valence-corrected chi connectivity index (χ1v) is 2.94. The van der Waals surface area contributed by atoms with Crippen molar-refractivity contribution in [2.75, 3.05) is 19.7 Å². The Morgan fingerprint density at radius 1 is 1.78 bits per heavy atom. The van der Waals surface area contributed by atoms with Crippen molar-refractivity contribution >= 4 is 5.91 Å². The van der Waals surface area contributed by atoms with Gasteiger partial charge in [0.15, 0.2) is 0 Å². The first-order valence-electron chi connectivity index (χ1n) is 2.94. The second-order valence-corrected chi connectivity index (χ2v) is 2.06. The van der Waals surface area contributed by atoms with Crippen LogP contribution < -0.4 is 10.6 Å². The van der Waals surface area contributed by atoms with Gasteiger partial charge in [-0.25, -0.2) is 0 Å². The minimum Gasteiger partial charge on any atom is -0.395 e. The number of carbonyl (C=O) groups is 1. The molecule has 0 spiro atoms. The minimum atomic E-state index is -0.000278. The lowest BCUT2D eigenvalue weighted by Crippen LogP contribution is -2.53. The number of hydrogen-bond acceptors (Lipinski definition) is 3. The van der Waals surface area contributed by atoms with Crippen LogP contribution in [0.15, 0.2) is 0 Å². The molecule has 0 aromatic heterocycles. The van der Waals surface area contributed by atoms with E-state index in [-0.39, 0.29) is 18.6 Å². The number of aliphatic hydroxyl groups is 1. The van der Waals surface area contributed by atoms with Crippen LogP contribution in [0.25, 0.3) is 0 Å². The zero-order chi connectivity index (χ0) is 6.69. The van der Waals surface area contributed by atoms with Crippen LogP contribution in [-0.2, 0) is 4.79 Å². The van der Waals surface area contributed by atoms with Gasteiger partial charge in [0.1, 0.15) is 0 Å². The summed E-state index contributed by atoms with van der Waals surface area (Å²) in [6, 6.07) is 0.0442. The average Bonchev–Trinajstić information content (AvgIpc) is 1.90. The van der Waals surface area contributed by atoms with Gasteiger partial charge in [0.25, 0.3) is 0 Å². The highest BCUT2D eigenvalue weighted by atomic mass is 16.3. The lowest BCUT2D eigenvalue weighted by atomic mass is 10.2. The van der Waals surface area contributed by atoms with Gasteiger partial charge in [0.05, 0.1) is 13.2 Å². The molecule has 4 nitrogen and oxygen atoms in total. The van der Waals surface area contributed by atoms with E-state index in [1.54, 1.807) is 0 Å². The summed E-state index contributed by atoms with van der Waals surface area (Å²) in [5.74, 6) is -0.000278. The van der Waals surface area contributed by atoms with Gasteiger partial charge in [-0.15, -0.1) is 0 Å². The molecule has 4 heteroatoms. The summed E-state index contributed by atoms with van der Waals surface area (Å²) in [6.45, 7) is 0.945. The van der Waals surface area contributed by atoms with Crippen molar-refractivity contribution in [3.8, 4) is 0 Å². The molecule has 1 aliphatic rings. The lowest BCUT2D eigenvalue weighted by Gasteiger charge is -2.21. The monoisotopic (exact) mass is 130 g/mol. The molecule has 1 aliphatic heterocycles. The quantitative estimate of drug-likeness (QED) is 0.387. The molecule has 1 atom stereocenters.